The smallest absolute Gasteiger partial charge is 0.270 e. The molecular weight excluding hydrogens is 343 g/mol. The molecule has 1 heterocycles. The molecule has 2 aromatic carbocycles. The van der Waals surface area contributed by atoms with E-state index in [1.54, 1.807) is 12.1 Å². The van der Waals surface area contributed by atoms with Gasteiger partial charge in [0.05, 0.1) is 10.6 Å². The molecule has 0 aliphatic carbocycles. The molecule has 0 aromatic heterocycles. The van der Waals surface area contributed by atoms with E-state index < -0.39 is 0 Å². The largest absolute Gasteiger partial charge is 0.378 e. The Bertz CT molecular complexity index is 814. The second-order valence-electron chi connectivity index (χ2n) is 5.48. The summed E-state index contributed by atoms with van der Waals surface area (Å²) in [6.07, 6.45) is 1.82. The SMILES string of the molecule is CN(C)c1ccc(/C=C2/SC(=S)N(c3ccc(F)cc3)C2=O)cc1. The Labute approximate surface area is 149 Å². The lowest BCUT2D eigenvalue weighted by atomic mass is 10.2. The van der Waals surface area contributed by atoms with E-state index in [-0.39, 0.29) is 11.7 Å². The van der Waals surface area contributed by atoms with E-state index in [1.165, 1.54) is 28.8 Å². The number of nitrogens with zero attached hydrogens (tertiary/aromatic N) is 2. The zero-order chi connectivity index (χ0) is 17.3. The summed E-state index contributed by atoms with van der Waals surface area (Å²) in [5, 5.41) is 0. The molecule has 6 heteroatoms. The molecule has 0 saturated carbocycles. The summed E-state index contributed by atoms with van der Waals surface area (Å²) in [5.74, 6) is -0.533. The molecule has 2 aromatic rings. The first-order chi connectivity index (χ1) is 11.5. The molecule has 0 atom stereocenters. The lowest BCUT2D eigenvalue weighted by Gasteiger charge is -2.14. The molecule has 1 fully saturated rings. The Balaban J connectivity index is 1.86. The molecule has 0 unspecified atom stereocenters. The molecule has 0 radical (unpaired) electrons. The summed E-state index contributed by atoms with van der Waals surface area (Å²) in [6.45, 7) is 0. The van der Waals surface area contributed by atoms with Crippen LogP contribution in [0.3, 0.4) is 0 Å². The number of hydrogen-bond acceptors (Lipinski definition) is 4. The Morgan fingerprint density at radius 1 is 1.08 bits per heavy atom. The van der Waals surface area contributed by atoms with Crippen LogP contribution in [0.5, 0.6) is 0 Å². The van der Waals surface area contributed by atoms with E-state index in [0.29, 0.717) is 14.9 Å². The van der Waals surface area contributed by atoms with Crippen molar-refractivity contribution in [2.75, 3.05) is 23.9 Å². The van der Waals surface area contributed by atoms with Crippen LogP contribution in [0.25, 0.3) is 6.08 Å². The summed E-state index contributed by atoms with van der Waals surface area (Å²) >= 11 is 6.56. The molecule has 122 valence electrons. The fourth-order valence-corrected chi connectivity index (χ4v) is 3.60. The quantitative estimate of drug-likeness (QED) is 0.603. The standard InChI is InChI=1S/C18H15FN2OS2/c1-20(2)14-7-3-12(4-8-14)11-16-17(22)21(18(23)24-16)15-9-5-13(19)6-10-15/h3-11H,1-2H3/b16-11+. The maximum absolute atomic E-state index is 13.1. The van der Waals surface area contributed by atoms with E-state index >= 15 is 0 Å². The van der Waals surface area contributed by atoms with Crippen molar-refractivity contribution in [3.63, 3.8) is 0 Å². The van der Waals surface area contributed by atoms with Gasteiger partial charge < -0.3 is 4.90 Å². The predicted octanol–water partition coefficient (Wildman–Crippen LogP) is 4.30. The van der Waals surface area contributed by atoms with Gasteiger partial charge in [0.15, 0.2) is 4.32 Å². The number of amides is 1. The minimum atomic E-state index is -0.347. The number of halogens is 1. The van der Waals surface area contributed by atoms with Crippen LogP contribution in [0.2, 0.25) is 0 Å². The summed E-state index contributed by atoms with van der Waals surface area (Å²) in [5.41, 5.74) is 2.59. The van der Waals surface area contributed by atoms with E-state index in [9.17, 15) is 9.18 Å². The van der Waals surface area contributed by atoms with Gasteiger partial charge in [-0.2, -0.15) is 0 Å². The van der Waals surface area contributed by atoms with Gasteiger partial charge in [0.2, 0.25) is 0 Å². The second-order valence-corrected chi connectivity index (χ2v) is 7.16. The Hall–Kier alpha value is -2.18. The van der Waals surface area contributed by atoms with Crippen LogP contribution >= 0.6 is 24.0 Å². The highest BCUT2D eigenvalue weighted by atomic mass is 32.2. The van der Waals surface area contributed by atoms with Crippen molar-refractivity contribution in [2.45, 2.75) is 0 Å². The number of carbonyl (C=O) groups excluding carboxylic acids is 1. The van der Waals surface area contributed by atoms with E-state index in [0.717, 1.165) is 11.3 Å². The maximum atomic E-state index is 13.1. The van der Waals surface area contributed by atoms with Crippen LogP contribution in [-0.2, 0) is 4.79 Å². The summed E-state index contributed by atoms with van der Waals surface area (Å²) in [6, 6.07) is 13.6. The zero-order valence-corrected chi connectivity index (χ0v) is 14.8. The average Bonchev–Trinajstić information content (AvgIpc) is 2.83. The summed E-state index contributed by atoms with van der Waals surface area (Å²) < 4.78 is 13.5. The number of benzene rings is 2. The van der Waals surface area contributed by atoms with Crippen LogP contribution < -0.4 is 9.80 Å². The highest BCUT2D eigenvalue weighted by Crippen LogP contribution is 2.36. The molecule has 0 bridgehead atoms. The molecule has 24 heavy (non-hydrogen) atoms. The molecular formula is C18H15FN2OS2. The van der Waals surface area contributed by atoms with Crippen LogP contribution in [0.4, 0.5) is 15.8 Å². The van der Waals surface area contributed by atoms with Gasteiger partial charge in [-0.3, -0.25) is 9.69 Å². The normalized spacial score (nSPS) is 16.1. The van der Waals surface area contributed by atoms with Crippen molar-refractivity contribution in [3.8, 4) is 0 Å². The third-order valence-electron chi connectivity index (χ3n) is 3.59. The molecule has 1 amide bonds. The highest BCUT2D eigenvalue weighted by molar-refractivity contribution is 8.27. The van der Waals surface area contributed by atoms with Crippen molar-refractivity contribution in [3.05, 3.63) is 64.8 Å². The van der Waals surface area contributed by atoms with Crippen molar-refractivity contribution in [2.24, 2.45) is 0 Å². The molecule has 3 nitrogen and oxygen atoms in total. The van der Waals surface area contributed by atoms with Gasteiger partial charge in [0.25, 0.3) is 5.91 Å². The summed E-state index contributed by atoms with van der Waals surface area (Å²) in [7, 11) is 3.95. The molecule has 1 aliphatic heterocycles. The van der Waals surface area contributed by atoms with Gasteiger partial charge in [-0.15, -0.1) is 0 Å². The monoisotopic (exact) mass is 358 g/mol. The van der Waals surface area contributed by atoms with Crippen molar-refractivity contribution in [1.82, 2.24) is 0 Å². The first-order valence-electron chi connectivity index (χ1n) is 7.26. The number of carbonyl (C=O) groups is 1. The van der Waals surface area contributed by atoms with Gasteiger partial charge in [0, 0.05) is 19.8 Å². The van der Waals surface area contributed by atoms with Gasteiger partial charge in [0.1, 0.15) is 5.82 Å². The number of thiocarbonyl (C=S) groups is 1. The van der Waals surface area contributed by atoms with E-state index in [1.807, 2.05) is 49.3 Å². The number of anilines is 2. The Morgan fingerprint density at radius 2 is 1.71 bits per heavy atom. The Morgan fingerprint density at radius 3 is 2.29 bits per heavy atom. The number of rotatable bonds is 3. The third-order valence-corrected chi connectivity index (χ3v) is 4.89. The zero-order valence-electron chi connectivity index (χ0n) is 13.2. The first-order valence-corrected chi connectivity index (χ1v) is 8.49. The average molecular weight is 358 g/mol. The number of hydrogen-bond donors (Lipinski definition) is 0. The number of thioether (sulfide) groups is 1. The van der Waals surface area contributed by atoms with Gasteiger partial charge >= 0.3 is 0 Å². The maximum Gasteiger partial charge on any atom is 0.270 e. The van der Waals surface area contributed by atoms with Gasteiger partial charge in [-0.05, 0) is 48.0 Å². The molecule has 1 aliphatic rings. The minimum Gasteiger partial charge on any atom is -0.378 e. The van der Waals surface area contributed by atoms with Crippen LogP contribution in [0.15, 0.2) is 53.4 Å². The van der Waals surface area contributed by atoms with Crippen molar-refractivity contribution < 1.29 is 9.18 Å². The molecule has 0 spiro atoms. The fraction of sp³-hybridized carbons (Fsp3) is 0.111. The topological polar surface area (TPSA) is 23.6 Å². The molecule has 1 saturated heterocycles. The highest BCUT2D eigenvalue weighted by Gasteiger charge is 2.33. The summed E-state index contributed by atoms with van der Waals surface area (Å²) in [4.78, 5) is 16.6. The van der Waals surface area contributed by atoms with E-state index in [2.05, 4.69) is 0 Å². The lowest BCUT2D eigenvalue weighted by Crippen LogP contribution is -2.27. The predicted molar refractivity (Wildman–Crippen MR) is 103 cm³/mol. The van der Waals surface area contributed by atoms with Gasteiger partial charge in [-0.25, -0.2) is 4.39 Å². The van der Waals surface area contributed by atoms with Crippen molar-refractivity contribution in [1.29, 1.82) is 0 Å². The third kappa shape index (κ3) is 3.34. The second kappa shape index (κ2) is 6.75. The first kappa shape index (κ1) is 16.7. The van der Waals surface area contributed by atoms with E-state index in [4.69, 9.17) is 12.2 Å². The minimum absolute atomic E-state index is 0.187. The lowest BCUT2D eigenvalue weighted by molar-refractivity contribution is -0.113. The van der Waals surface area contributed by atoms with Crippen LogP contribution in [-0.4, -0.2) is 24.3 Å². The Kier molecular flexibility index (Phi) is 4.69. The van der Waals surface area contributed by atoms with Crippen LogP contribution in [0.1, 0.15) is 5.56 Å². The van der Waals surface area contributed by atoms with Crippen LogP contribution in [0, 0.1) is 5.82 Å². The molecule has 3 rings (SSSR count). The van der Waals surface area contributed by atoms with Gasteiger partial charge in [-0.1, -0.05) is 36.1 Å². The molecule has 0 N–H and O–H groups in total. The van der Waals surface area contributed by atoms with Crippen molar-refractivity contribution >= 4 is 51.7 Å². The fourth-order valence-electron chi connectivity index (χ4n) is 2.30.